The third-order valence-electron chi connectivity index (χ3n) is 2.13. The summed E-state index contributed by atoms with van der Waals surface area (Å²) >= 11 is 0. The van der Waals surface area contributed by atoms with E-state index in [2.05, 4.69) is 6.92 Å². The summed E-state index contributed by atoms with van der Waals surface area (Å²) in [6.45, 7) is 2.10. The summed E-state index contributed by atoms with van der Waals surface area (Å²) in [6, 6.07) is -0.118. The molecule has 0 aromatic rings. The molecule has 3 atom stereocenters. The molecule has 0 heterocycles. The summed E-state index contributed by atoms with van der Waals surface area (Å²) in [5.74, 6) is 0.331. The predicted molar refractivity (Wildman–Crippen MR) is 37.5 cm³/mol. The molecule has 1 aliphatic rings. The van der Waals surface area contributed by atoms with Crippen molar-refractivity contribution in [1.29, 1.82) is 0 Å². The number of nitrogens with two attached hydrogens (primary N) is 1. The van der Waals surface area contributed by atoms with Gasteiger partial charge in [0.2, 0.25) is 0 Å². The Hall–Kier alpha value is -0.570. The fraction of sp³-hybridized carbons (Fsp3) is 0.857. The number of hydrogen-bond donors (Lipinski definition) is 2. The van der Waals surface area contributed by atoms with Crippen LogP contribution in [0.25, 0.3) is 0 Å². The minimum absolute atomic E-state index is 0.118. The van der Waals surface area contributed by atoms with Gasteiger partial charge in [0.1, 0.15) is 0 Å². The summed E-state index contributed by atoms with van der Waals surface area (Å²) in [7, 11) is 0. The van der Waals surface area contributed by atoms with Crippen molar-refractivity contribution in [2.75, 3.05) is 0 Å². The van der Waals surface area contributed by atoms with Crippen molar-refractivity contribution in [2.24, 2.45) is 17.6 Å². The van der Waals surface area contributed by atoms with Crippen molar-refractivity contribution in [3.8, 4) is 0 Å². The molecule has 3 nitrogen and oxygen atoms in total. The van der Waals surface area contributed by atoms with Gasteiger partial charge in [0, 0.05) is 6.04 Å². The van der Waals surface area contributed by atoms with E-state index < -0.39 is 5.97 Å². The molecule has 1 saturated carbocycles. The van der Waals surface area contributed by atoms with Crippen LogP contribution in [-0.2, 0) is 4.79 Å². The third kappa shape index (κ3) is 1.70. The molecule has 0 aliphatic heterocycles. The van der Waals surface area contributed by atoms with Crippen molar-refractivity contribution in [3.63, 3.8) is 0 Å². The van der Waals surface area contributed by atoms with Gasteiger partial charge in [0.05, 0.1) is 6.42 Å². The van der Waals surface area contributed by atoms with Crippen molar-refractivity contribution < 1.29 is 9.90 Å². The number of carboxylic acids is 1. The van der Waals surface area contributed by atoms with E-state index in [0.29, 0.717) is 11.8 Å². The molecule has 1 rings (SSSR count). The Balaban J connectivity index is 2.22. The Bertz CT molecular complexity index is 147. The highest BCUT2D eigenvalue weighted by Gasteiger charge is 2.38. The van der Waals surface area contributed by atoms with Gasteiger partial charge in [-0.05, 0) is 18.3 Å². The highest BCUT2D eigenvalue weighted by atomic mass is 16.4. The van der Waals surface area contributed by atoms with E-state index in [9.17, 15) is 4.79 Å². The van der Waals surface area contributed by atoms with Crippen molar-refractivity contribution in [3.05, 3.63) is 0 Å². The van der Waals surface area contributed by atoms with E-state index in [4.69, 9.17) is 10.8 Å². The van der Waals surface area contributed by atoms with Gasteiger partial charge in [-0.2, -0.15) is 0 Å². The first-order valence-corrected chi connectivity index (χ1v) is 3.58. The van der Waals surface area contributed by atoms with Crippen LogP contribution in [0, 0.1) is 11.8 Å². The highest BCUT2D eigenvalue weighted by molar-refractivity contribution is 5.67. The smallest absolute Gasteiger partial charge is 0.304 e. The molecule has 0 aromatic heterocycles. The zero-order chi connectivity index (χ0) is 7.72. The Kier molecular flexibility index (Phi) is 1.94. The Morgan fingerprint density at radius 3 is 2.70 bits per heavy atom. The quantitative estimate of drug-likeness (QED) is 0.602. The lowest BCUT2D eigenvalue weighted by Crippen LogP contribution is -2.26. The average molecular weight is 143 g/mol. The van der Waals surface area contributed by atoms with Crippen molar-refractivity contribution >= 4 is 5.97 Å². The normalized spacial score (nSPS) is 33.4. The largest absolute Gasteiger partial charge is 0.481 e. The number of carboxylic acid groups (broad SMARTS) is 1. The summed E-state index contributed by atoms with van der Waals surface area (Å²) in [5.41, 5.74) is 5.59. The molecular weight excluding hydrogens is 130 g/mol. The topological polar surface area (TPSA) is 63.3 Å². The number of aliphatic carboxylic acids is 1. The lowest BCUT2D eigenvalue weighted by atomic mass is 10.1. The maximum atomic E-state index is 10.2. The fourth-order valence-corrected chi connectivity index (χ4v) is 1.30. The van der Waals surface area contributed by atoms with Crippen LogP contribution in [0.15, 0.2) is 0 Å². The van der Waals surface area contributed by atoms with Gasteiger partial charge in [-0.3, -0.25) is 4.79 Å². The predicted octanol–water partition coefficient (Wildman–Crippen LogP) is 0.444. The minimum Gasteiger partial charge on any atom is -0.481 e. The first-order valence-electron chi connectivity index (χ1n) is 3.58. The zero-order valence-corrected chi connectivity index (χ0v) is 6.08. The first-order chi connectivity index (χ1) is 4.61. The fourth-order valence-electron chi connectivity index (χ4n) is 1.30. The lowest BCUT2D eigenvalue weighted by Gasteiger charge is -2.05. The van der Waals surface area contributed by atoms with Gasteiger partial charge in [-0.15, -0.1) is 0 Å². The molecule has 0 aromatic carbocycles. The van der Waals surface area contributed by atoms with Gasteiger partial charge in [-0.25, -0.2) is 0 Å². The number of hydrogen-bond acceptors (Lipinski definition) is 2. The van der Waals surface area contributed by atoms with Crippen LogP contribution in [-0.4, -0.2) is 17.1 Å². The molecule has 3 unspecified atom stereocenters. The van der Waals surface area contributed by atoms with Crippen molar-refractivity contribution in [2.45, 2.75) is 25.8 Å². The molecule has 0 spiro atoms. The van der Waals surface area contributed by atoms with E-state index in [1.54, 1.807) is 0 Å². The second-order valence-corrected chi connectivity index (χ2v) is 3.14. The second kappa shape index (κ2) is 2.58. The van der Waals surface area contributed by atoms with E-state index >= 15 is 0 Å². The molecule has 0 amide bonds. The lowest BCUT2D eigenvalue weighted by molar-refractivity contribution is -0.137. The van der Waals surface area contributed by atoms with Crippen LogP contribution in [0.4, 0.5) is 0 Å². The Labute approximate surface area is 60.2 Å². The Morgan fingerprint density at radius 1 is 1.90 bits per heavy atom. The Morgan fingerprint density at radius 2 is 2.40 bits per heavy atom. The van der Waals surface area contributed by atoms with Crippen LogP contribution in [0.2, 0.25) is 0 Å². The third-order valence-corrected chi connectivity index (χ3v) is 2.13. The molecule has 0 saturated heterocycles. The second-order valence-electron chi connectivity index (χ2n) is 3.14. The molecule has 0 radical (unpaired) electrons. The molecule has 10 heavy (non-hydrogen) atoms. The summed E-state index contributed by atoms with van der Waals surface area (Å²) in [5, 5.41) is 8.37. The van der Waals surface area contributed by atoms with Crippen molar-refractivity contribution in [1.82, 2.24) is 0 Å². The van der Waals surface area contributed by atoms with E-state index in [1.807, 2.05) is 0 Å². The average Bonchev–Trinajstić information content (AvgIpc) is 2.44. The molecule has 58 valence electrons. The van der Waals surface area contributed by atoms with Crippen LogP contribution >= 0.6 is 0 Å². The zero-order valence-electron chi connectivity index (χ0n) is 6.08. The number of carbonyl (C=O) groups is 1. The van der Waals surface area contributed by atoms with Gasteiger partial charge < -0.3 is 10.8 Å². The summed E-state index contributed by atoms with van der Waals surface area (Å²) < 4.78 is 0. The maximum Gasteiger partial charge on any atom is 0.304 e. The van der Waals surface area contributed by atoms with Crippen LogP contribution in [0.3, 0.4) is 0 Å². The highest BCUT2D eigenvalue weighted by Crippen LogP contribution is 2.40. The summed E-state index contributed by atoms with van der Waals surface area (Å²) in [4.78, 5) is 10.2. The standard InChI is InChI=1S/C7H13NO2/c1-4-2-5(4)6(8)3-7(9)10/h4-6H,2-3,8H2,1H3,(H,9,10). The number of rotatable bonds is 3. The van der Waals surface area contributed by atoms with E-state index in [0.717, 1.165) is 6.42 Å². The van der Waals surface area contributed by atoms with Gasteiger partial charge in [-0.1, -0.05) is 6.92 Å². The van der Waals surface area contributed by atoms with Crippen LogP contribution < -0.4 is 5.73 Å². The maximum absolute atomic E-state index is 10.2. The summed E-state index contributed by atoms with van der Waals surface area (Å²) in [6.07, 6.45) is 1.23. The molecular formula is C7H13NO2. The monoisotopic (exact) mass is 143 g/mol. The molecule has 3 N–H and O–H groups in total. The van der Waals surface area contributed by atoms with E-state index in [1.165, 1.54) is 0 Å². The van der Waals surface area contributed by atoms with E-state index in [-0.39, 0.29) is 12.5 Å². The molecule has 0 bridgehead atoms. The first kappa shape index (κ1) is 7.54. The SMILES string of the molecule is CC1CC1C(N)CC(=O)O. The minimum atomic E-state index is -0.786. The van der Waals surface area contributed by atoms with Gasteiger partial charge >= 0.3 is 5.97 Å². The molecule has 1 fully saturated rings. The van der Waals surface area contributed by atoms with Gasteiger partial charge in [0.25, 0.3) is 0 Å². The molecule has 3 heteroatoms. The van der Waals surface area contributed by atoms with Gasteiger partial charge in [0.15, 0.2) is 0 Å². The molecule has 1 aliphatic carbocycles. The van der Waals surface area contributed by atoms with Crippen LogP contribution in [0.5, 0.6) is 0 Å². The van der Waals surface area contributed by atoms with Crippen LogP contribution in [0.1, 0.15) is 19.8 Å².